The number of hydrogen-bond donors (Lipinski definition) is 1. The fraction of sp³-hybridized carbons (Fsp3) is 0.588. The zero-order chi connectivity index (χ0) is 15.0. The lowest BCUT2D eigenvalue weighted by Crippen LogP contribution is -2.38. The van der Waals surface area contributed by atoms with E-state index < -0.39 is 0 Å². The number of hydrogen-bond acceptors (Lipinski definition) is 2. The third kappa shape index (κ3) is 2.57. The van der Waals surface area contributed by atoms with E-state index in [1.54, 1.807) is 25.1 Å². The average Bonchev–Trinajstić information content (AvgIpc) is 2.73. The maximum Gasteiger partial charge on any atom is 0.222 e. The van der Waals surface area contributed by atoms with Crippen molar-refractivity contribution in [3.8, 4) is 0 Å². The van der Waals surface area contributed by atoms with Gasteiger partial charge in [0.05, 0.1) is 0 Å². The second-order valence-corrected chi connectivity index (χ2v) is 6.66. The van der Waals surface area contributed by atoms with Gasteiger partial charge in [0.2, 0.25) is 5.91 Å². The summed E-state index contributed by atoms with van der Waals surface area (Å²) in [6.45, 7) is 1.95. The van der Waals surface area contributed by atoms with E-state index in [1.807, 2.05) is 6.07 Å². The SMILES string of the molecule is CN(C)C(=O)C[C@H]1CC2(CCNCC2)c2cc(F)ccc21. The minimum atomic E-state index is -0.161. The normalized spacial score (nSPS) is 23.1. The first-order valence-corrected chi connectivity index (χ1v) is 7.73. The molecule has 1 spiro atoms. The summed E-state index contributed by atoms with van der Waals surface area (Å²) in [5, 5.41) is 3.39. The average molecular weight is 290 g/mol. The summed E-state index contributed by atoms with van der Waals surface area (Å²) in [6, 6.07) is 5.14. The van der Waals surface area contributed by atoms with Crippen molar-refractivity contribution >= 4 is 5.91 Å². The van der Waals surface area contributed by atoms with Gasteiger partial charge < -0.3 is 10.2 Å². The number of nitrogens with one attached hydrogen (secondary N) is 1. The Bertz CT molecular complexity index is 550. The number of fused-ring (bicyclic) bond motifs is 2. The van der Waals surface area contributed by atoms with E-state index in [2.05, 4.69) is 5.32 Å². The zero-order valence-electron chi connectivity index (χ0n) is 12.8. The number of benzene rings is 1. The molecular weight excluding hydrogens is 267 g/mol. The molecule has 1 aliphatic heterocycles. The quantitative estimate of drug-likeness (QED) is 0.907. The van der Waals surface area contributed by atoms with E-state index in [9.17, 15) is 9.18 Å². The van der Waals surface area contributed by atoms with Crippen LogP contribution in [0.5, 0.6) is 0 Å². The Morgan fingerprint density at radius 3 is 2.76 bits per heavy atom. The highest BCUT2D eigenvalue weighted by Crippen LogP contribution is 2.52. The predicted molar refractivity (Wildman–Crippen MR) is 80.9 cm³/mol. The molecule has 21 heavy (non-hydrogen) atoms. The molecule has 0 bridgehead atoms. The summed E-state index contributed by atoms with van der Waals surface area (Å²) in [5.74, 6) is 0.223. The molecule has 1 atom stereocenters. The summed E-state index contributed by atoms with van der Waals surface area (Å²) in [4.78, 5) is 13.7. The van der Waals surface area contributed by atoms with Crippen LogP contribution in [0, 0.1) is 5.82 Å². The van der Waals surface area contributed by atoms with Gasteiger partial charge in [0, 0.05) is 20.5 Å². The first kappa shape index (κ1) is 14.5. The summed E-state index contributed by atoms with van der Waals surface area (Å²) < 4.78 is 13.7. The van der Waals surface area contributed by atoms with Crippen LogP contribution in [0.2, 0.25) is 0 Å². The molecule has 4 heteroatoms. The summed E-state index contributed by atoms with van der Waals surface area (Å²) in [5.41, 5.74) is 2.41. The van der Waals surface area contributed by atoms with Gasteiger partial charge in [-0.05, 0) is 66.9 Å². The third-order valence-electron chi connectivity index (χ3n) is 5.14. The monoisotopic (exact) mass is 290 g/mol. The van der Waals surface area contributed by atoms with Crippen LogP contribution in [-0.2, 0) is 10.2 Å². The second-order valence-electron chi connectivity index (χ2n) is 6.66. The molecule has 1 heterocycles. The minimum Gasteiger partial charge on any atom is -0.349 e. The van der Waals surface area contributed by atoms with Crippen molar-refractivity contribution < 1.29 is 9.18 Å². The van der Waals surface area contributed by atoms with E-state index in [0.717, 1.165) is 37.9 Å². The van der Waals surface area contributed by atoms with Crippen LogP contribution in [0.4, 0.5) is 4.39 Å². The van der Waals surface area contributed by atoms with Crippen molar-refractivity contribution in [2.24, 2.45) is 0 Å². The third-order valence-corrected chi connectivity index (χ3v) is 5.14. The van der Waals surface area contributed by atoms with Crippen molar-refractivity contribution in [2.75, 3.05) is 27.2 Å². The minimum absolute atomic E-state index is 0.0694. The number of nitrogens with zero attached hydrogens (tertiary/aromatic N) is 1. The molecule has 1 aromatic carbocycles. The number of carbonyl (C=O) groups excluding carboxylic acids is 1. The lowest BCUT2D eigenvalue weighted by Gasteiger charge is -2.35. The topological polar surface area (TPSA) is 32.3 Å². The molecule has 3 nitrogen and oxygen atoms in total. The molecule has 114 valence electrons. The largest absolute Gasteiger partial charge is 0.349 e. The van der Waals surface area contributed by atoms with Gasteiger partial charge in [-0.25, -0.2) is 4.39 Å². The number of piperidine rings is 1. The highest BCUT2D eigenvalue weighted by Gasteiger charge is 2.44. The Kier molecular flexibility index (Phi) is 3.74. The summed E-state index contributed by atoms with van der Waals surface area (Å²) in [6.07, 6.45) is 3.58. The fourth-order valence-electron chi connectivity index (χ4n) is 3.99. The molecule has 1 aliphatic carbocycles. The summed E-state index contributed by atoms with van der Waals surface area (Å²) >= 11 is 0. The first-order valence-electron chi connectivity index (χ1n) is 7.73. The molecule has 3 rings (SSSR count). The Morgan fingerprint density at radius 1 is 1.38 bits per heavy atom. The molecular formula is C17H23FN2O. The molecule has 1 fully saturated rings. The molecule has 1 amide bonds. The molecule has 1 N–H and O–H groups in total. The van der Waals surface area contributed by atoms with Crippen molar-refractivity contribution in [1.82, 2.24) is 10.2 Å². The number of amides is 1. The van der Waals surface area contributed by atoms with Gasteiger partial charge in [-0.1, -0.05) is 6.07 Å². The molecule has 2 aliphatic rings. The fourth-order valence-corrected chi connectivity index (χ4v) is 3.99. The maximum atomic E-state index is 13.7. The number of carbonyl (C=O) groups is 1. The Hall–Kier alpha value is -1.42. The van der Waals surface area contributed by atoms with Crippen LogP contribution < -0.4 is 5.32 Å². The van der Waals surface area contributed by atoms with E-state index >= 15 is 0 Å². The molecule has 0 unspecified atom stereocenters. The summed E-state index contributed by atoms with van der Waals surface area (Å²) in [7, 11) is 3.59. The maximum absolute atomic E-state index is 13.7. The molecule has 1 aromatic rings. The number of rotatable bonds is 2. The van der Waals surface area contributed by atoms with Gasteiger partial charge in [0.25, 0.3) is 0 Å². The Morgan fingerprint density at radius 2 is 2.10 bits per heavy atom. The Labute approximate surface area is 125 Å². The van der Waals surface area contributed by atoms with Gasteiger partial charge in [0.15, 0.2) is 0 Å². The van der Waals surface area contributed by atoms with Crippen molar-refractivity contribution in [2.45, 2.75) is 37.0 Å². The van der Waals surface area contributed by atoms with Gasteiger partial charge in [-0.2, -0.15) is 0 Å². The van der Waals surface area contributed by atoms with Crippen LogP contribution in [0.1, 0.15) is 42.7 Å². The van der Waals surface area contributed by atoms with Crippen LogP contribution in [-0.4, -0.2) is 38.0 Å². The van der Waals surface area contributed by atoms with Gasteiger partial charge in [-0.3, -0.25) is 4.79 Å². The van der Waals surface area contributed by atoms with E-state index in [0.29, 0.717) is 6.42 Å². The zero-order valence-corrected chi connectivity index (χ0v) is 12.8. The molecule has 0 aromatic heterocycles. The van der Waals surface area contributed by atoms with E-state index in [4.69, 9.17) is 0 Å². The van der Waals surface area contributed by atoms with Gasteiger partial charge in [-0.15, -0.1) is 0 Å². The highest BCUT2D eigenvalue weighted by atomic mass is 19.1. The Balaban J connectivity index is 1.94. The predicted octanol–water partition coefficient (Wildman–Crippen LogP) is 2.41. The molecule has 1 saturated heterocycles. The van der Waals surface area contributed by atoms with Crippen molar-refractivity contribution in [3.05, 3.63) is 35.1 Å². The lowest BCUT2D eigenvalue weighted by atomic mass is 9.73. The van der Waals surface area contributed by atoms with Gasteiger partial charge >= 0.3 is 0 Å². The van der Waals surface area contributed by atoms with Crippen LogP contribution in [0.15, 0.2) is 18.2 Å². The van der Waals surface area contributed by atoms with Gasteiger partial charge in [0.1, 0.15) is 5.82 Å². The smallest absolute Gasteiger partial charge is 0.222 e. The molecule has 0 saturated carbocycles. The standard InChI is InChI=1S/C17H23FN2O/c1-20(2)16(21)9-12-11-17(5-7-19-8-6-17)15-10-13(18)3-4-14(12)15/h3-4,10,12,19H,5-9,11H2,1-2H3/t12-/m0/s1. The highest BCUT2D eigenvalue weighted by molar-refractivity contribution is 5.77. The van der Waals surface area contributed by atoms with Crippen LogP contribution in [0.25, 0.3) is 0 Å². The second kappa shape index (κ2) is 5.41. The van der Waals surface area contributed by atoms with E-state index in [-0.39, 0.29) is 23.1 Å². The van der Waals surface area contributed by atoms with Crippen molar-refractivity contribution in [1.29, 1.82) is 0 Å². The van der Waals surface area contributed by atoms with Crippen LogP contribution >= 0.6 is 0 Å². The lowest BCUT2D eigenvalue weighted by molar-refractivity contribution is -0.129. The van der Waals surface area contributed by atoms with Crippen LogP contribution in [0.3, 0.4) is 0 Å². The van der Waals surface area contributed by atoms with E-state index in [1.165, 1.54) is 11.6 Å². The first-order chi connectivity index (χ1) is 10.0. The molecule has 0 radical (unpaired) electrons. The van der Waals surface area contributed by atoms with Crippen molar-refractivity contribution in [3.63, 3.8) is 0 Å². The number of halogens is 1.